The van der Waals surface area contributed by atoms with Crippen LogP contribution in [0.5, 0.6) is 0 Å². The first-order valence-corrected chi connectivity index (χ1v) is 11.6. The van der Waals surface area contributed by atoms with E-state index in [4.69, 9.17) is 14.4 Å². The number of hydrogen-bond acceptors (Lipinski definition) is 6. The van der Waals surface area contributed by atoms with Crippen molar-refractivity contribution in [1.82, 2.24) is 19.5 Å². The van der Waals surface area contributed by atoms with Gasteiger partial charge in [0.2, 0.25) is 5.95 Å². The quantitative estimate of drug-likeness (QED) is 0.373. The maximum absolute atomic E-state index is 5.78. The van der Waals surface area contributed by atoms with Gasteiger partial charge in [0.25, 0.3) is 0 Å². The fourth-order valence-corrected chi connectivity index (χ4v) is 4.41. The van der Waals surface area contributed by atoms with Gasteiger partial charge in [0.05, 0.1) is 12.6 Å². The van der Waals surface area contributed by atoms with Gasteiger partial charge in [-0.15, -0.1) is 0 Å². The van der Waals surface area contributed by atoms with Crippen molar-refractivity contribution >= 4 is 22.9 Å². The lowest BCUT2D eigenvalue weighted by atomic mass is 9.96. The highest BCUT2D eigenvalue weighted by molar-refractivity contribution is 5.84. The number of fused-ring (bicyclic) bond motifs is 1. The minimum atomic E-state index is 0.267. The second kappa shape index (κ2) is 9.02. The van der Waals surface area contributed by atoms with E-state index in [-0.39, 0.29) is 6.04 Å². The molecule has 32 heavy (non-hydrogen) atoms. The van der Waals surface area contributed by atoms with E-state index in [1.165, 1.54) is 32.1 Å². The Labute approximate surface area is 188 Å². The molecule has 3 aromatic heterocycles. The molecule has 0 aliphatic heterocycles. The summed E-state index contributed by atoms with van der Waals surface area (Å²) in [6, 6.07) is 12.9. The van der Waals surface area contributed by atoms with E-state index in [0.29, 0.717) is 18.5 Å². The van der Waals surface area contributed by atoms with Gasteiger partial charge in [0.15, 0.2) is 17.0 Å². The van der Waals surface area contributed by atoms with Crippen molar-refractivity contribution in [3.8, 4) is 11.3 Å². The molecule has 0 spiro atoms. The van der Waals surface area contributed by atoms with Crippen LogP contribution in [-0.4, -0.2) is 25.6 Å². The van der Waals surface area contributed by atoms with Crippen molar-refractivity contribution in [2.75, 3.05) is 10.6 Å². The van der Waals surface area contributed by atoms with E-state index in [9.17, 15) is 0 Å². The predicted octanol–water partition coefficient (Wildman–Crippen LogP) is 6.02. The zero-order chi connectivity index (χ0) is 21.9. The Morgan fingerprint density at radius 1 is 1.06 bits per heavy atom. The Hall–Kier alpha value is -3.35. The molecular weight excluding hydrogens is 400 g/mol. The lowest BCUT2D eigenvalue weighted by molar-refractivity contribution is 0.461. The number of nitrogens with zero attached hydrogens (tertiary/aromatic N) is 4. The van der Waals surface area contributed by atoms with Gasteiger partial charge >= 0.3 is 0 Å². The Bertz CT molecular complexity index is 1170. The number of benzene rings is 1. The molecule has 5 rings (SSSR count). The Morgan fingerprint density at radius 3 is 2.66 bits per heavy atom. The van der Waals surface area contributed by atoms with Crippen LogP contribution in [0.15, 0.2) is 53.4 Å². The van der Waals surface area contributed by atoms with Crippen LogP contribution < -0.4 is 10.6 Å². The smallest absolute Gasteiger partial charge is 0.227 e. The summed E-state index contributed by atoms with van der Waals surface area (Å²) in [6.07, 6.45) is 9.77. The molecule has 0 amide bonds. The van der Waals surface area contributed by atoms with Gasteiger partial charge in [-0.25, -0.2) is 4.98 Å². The van der Waals surface area contributed by atoms with Crippen LogP contribution in [0.2, 0.25) is 0 Å². The van der Waals surface area contributed by atoms with Crippen LogP contribution in [0.25, 0.3) is 22.5 Å². The molecule has 166 valence electrons. The first-order valence-electron chi connectivity index (χ1n) is 11.6. The van der Waals surface area contributed by atoms with Crippen molar-refractivity contribution in [2.24, 2.45) is 0 Å². The lowest BCUT2D eigenvalue weighted by Crippen LogP contribution is -2.24. The molecule has 3 heterocycles. The molecule has 0 radical (unpaired) electrons. The van der Waals surface area contributed by atoms with E-state index >= 15 is 0 Å². The third-order valence-electron chi connectivity index (χ3n) is 6.15. The van der Waals surface area contributed by atoms with Crippen LogP contribution in [0.1, 0.15) is 57.6 Å². The average Bonchev–Trinajstić information content (AvgIpc) is 3.46. The summed E-state index contributed by atoms with van der Waals surface area (Å²) in [5.41, 5.74) is 3.78. The Kier molecular flexibility index (Phi) is 5.79. The molecule has 0 bridgehead atoms. The normalized spacial score (nSPS) is 14.8. The first kappa shape index (κ1) is 20.5. The molecule has 1 aliphatic carbocycles. The van der Waals surface area contributed by atoms with Gasteiger partial charge in [0, 0.05) is 29.8 Å². The molecule has 1 aromatic carbocycles. The van der Waals surface area contributed by atoms with Crippen molar-refractivity contribution in [1.29, 1.82) is 0 Å². The molecule has 7 nitrogen and oxygen atoms in total. The predicted molar refractivity (Wildman–Crippen MR) is 128 cm³/mol. The number of imidazole rings is 1. The van der Waals surface area contributed by atoms with Crippen molar-refractivity contribution in [3.05, 3.63) is 54.6 Å². The van der Waals surface area contributed by atoms with Gasteiger partial charge in [-0.05, 0) is 32.8 Å². The van der Waals surface area contributed by atoms with Crippen LogP contribution in [-0.2, 0) is 6.54 Å². The molecule has 4 aromatic rings. The molecule has 7 heteroatoms. The topological polar surface area (TPSA) is 80.8 Å². The van der Waals surface area contributed by atoms with Crippen molar-refractivity contribution < 1.29 is 4.42 Å². The zero-order valence-corrected chi connectivity index (χ0v) is 18.7. The van der Waals surface area contributed by atoms with Gasteiger partial charge < -0.3 is 19.6 Å². The van der Waals surface area contributed by atoms with Crippen LogP contribution in [0.4, 0.5) is 11.8 Å². The second-order valence-electron chi connectivity index (χ2n) is 8.79. The van der Waals surface area contributed by atoms with E-state index in [2.05, 4.69) is 46.2 Å². The molecule has 1 fully saturated rings. The maximum atomic E-state index is 5.78. The van der Waals surface area contributed by atoms with E-state index in [1.807, 2.05) is 30.6 Å². The van der Waals surface area contributed by atoms with Gasteiger partial charge in [0.1, 0.15) is 5.76 Å². The molecular formula is C25H30N6O. The van der Waals surface area contributed by atoms with Crippen LogP contribution in [0.3, 0.4) is 0 Å². The Morgan fingerprint density at radius 2 is 1.88 bits per heavy atom. The number of anilines is 2. The summed E-state index contributed by atoms with van der Waals surface area (Å²) in [7, 11) is 0. The third-order valence-corrected chi connectivity index (χ3v) is 6.15. The monoisotopic (exact) mass is 430 g/mol. The zero-order valence-electron chi connectivity index (χ0n) is 18.7. The maximum Gasteiger partial charge on any atom is 0.227 e. The highest BCUT2D eigenvalue weighted by Gasteiger charge is 2.19. The summed E-state index contributed by atoms with van der Waals surface area (Å²) in [5, 5.41) is 7.08. The van der Waals surface area contributed by atoms with E-state index in [1.54, 1.807) is 6.26 Å². The minimum Gasteiger partial charge on any atom is -0.464 e. The molecule has 0 saturated heterocycles. The minimum absolute atomic E-state index is 0.267. The number of rotatable bonds is 7. The van der Waals surface area contributed by atoms with Gasteiger partial charge in [-0.1, -0.05) is 49.6 Å². The lowest BCUT2D eigenvalue weighted by Gasteiger charge is -2.23. The summed E-state index contributed by atoms with van der Waals surface area (Å²) in [4.78, 5) is 14.3. The highest BCUT2D eigenvalue weighted by atomic mass is 16.3. The van der Waals surface area contributed by atoms with Crippen molar-refractivity contribution in [3.63, 3.8) is 0 Å². The number of nitrogens with one attached hydrogen (secondary N) is 2. The fraction of sp³-hybridized carbons (Fsp3) is 0.400. The summed E-state index contributed by atoms with van der Waals surface area (Å²) < 4.78 is 7.88. The SMILES string of the molecule is CC(C)n1cnc2c(NCc3ccoc3-c3ccccc3)nc(NC3CCCCC3)nc21. The summed E-state index contributed by atoms with van der Waals surface area (Å²) in [6.45, 7) is 4.87. The van der Waals surface area contributed by atoms with E-state index < -0.39 is 0 Å². The molecule has 1 aliphatic rings. The number of furan rings is 1. The summed E-state index contributed by atoms with van der Waals surface area (Å²) in [5.74, 6) is 2.29. The second-order valence-corrected chi connectivity index (χ2v) is 8.79. The molecule has 1 saturated carbocycles. The van der Waals surface area contributed by atoms with E-state index in [0.717, 1.165) is 33.9 Å². The van der Waals surface area contributed by atoms with Crippen molar-refractivity contribution in [2.45, 2.75) is 64.6 Å². The molecule has 2 N–H and O–H groups in total. The Balaban J connectivity index is 1.44. The average molecular weight is 431 g/mol. The fourth-order valence-electron chi connectivity index (χ4n) is 4.41. The first-order chi connectivity index (χ1) is 15.7. The van der Waals surface area contributed by atoms with Gasteiger partial charge in [-0.3, -0.25) is 0 Å². The largest absolute Gasteiger partial charge is 0.464 e. The molecule has 0 atom stereocenters. The van der Waals surface area contributed by atoms with Gasteiger partial charge in [-0.2, -0.15) is 9.97 Å². The third kappa shape index (κ3) is 4.20. The number of hydrogen-bond donors (Lipinski definition) is 2. The van der Waals surface area contributed by atoms with Crippen LogP contribution >= 0.6 is 0 Å². The number of aromatic nitrogens is 4. The van der Waals surface area contributed by atoms with Crippen LogP contribution in [0, 0.1) is 0 Å². The highest BCUT2D eigenvalue weighted by Crippen LogP contribution is 2.28. The molecule has 0 unspecified atom stereocenters. The summed E-state index contributed by atoms with van der Waals surface area (Å²) >= 11 is 0. The standard InChI is InChI=1S/C25H30N6O/c1-17(2)31-16-27-21-23(29-25(30-24(21)31)28-20-11-7-4-8-12-20)26-15-19-13-14-32-22(19)18-9-5-3-6-10-18/h3,5-6,9-10,13-14,16-17,20H,4,7-8,11-12,15H2,1-2H3,(H2,26,28,29,30).